The number of fused-ring (bicyclic) bond motifs is 1. The summed E-state index contributed by atoms with van der Waals surface area (Å²) in [6, 6.07) is 13.8. The average molecular weight is 481 g/mol. The number of rotatable bonds is 6. The molecule has 1 atom stereocenters. The predicted octanol–water partition coefficient (Wildman–Crippen LogP) is 3.63. The molecule has 6 nitrogen and oxygen atoms in total. The smallest absolute Gasteiger partial charge is 0.338 e. The number of ether oxygens (including phenoxy) is 2. The molecule has 0 saturated carbocycles. The summed E-state index contributed by atoms with van der Waals surface area (Å²) in [4.78, 5) is 31.6. The maximum Gasteiger partial charge on any atom is 0.338 e. The highest BCUT2D eigenvalue weighted by atomic mass is 35.5. The molecule has 1 aliphatic heterocycles. The molecule has 2 heterocycles. The van der Waals surface area contributed by atoms with Crippen molar-refractivity contribution in [3.05, 3.63) is 108 Å². The molecule has 8 heteroatoms. The van der Waals surface area contributed by atoms with Gasteiger partial charge in [0.2, 0.25) is 0 Å². The fraction of sp³-hybridized carbons (Fsp3) is 0.160. The number of halogens is 1. The molecule has 168 valence electrons. The van der Waals surface area contributed by atoms with Crippen LogP contribution in [0.25, 0.3) is 6.08 Å². The Hall–Kier alpha value is -3.42. The van der Waals surface area contributed by atoms with Gasteiger partial charge in [0.1, 0.15) is 12.4 Å². The van der Waals surface area contributed by atoms with Gasteiger partial charge in [-0.25, -0.2) is 9.79 Å². The normalized spacial score (nSPS) is 15.6. The molecule has 3 aromatic rings. The quantitative estimate of drug-likeness (QED) is 0.399. The molecule has 0 N–H and O–H groups in total. The molecule has 0 bridgehead atoms. The lowest BCUT2D eigenvalue weighted by atomic mass is 9.96. The Labute approximate surface area is 199 Å². The minimum Gasteiger partial charge on any atom is -0.497 e. The lowest BCUT2D eigenvalue weighted by molar-refractivity contribution is -0.138. The van der Waals surface area contributed by atoms with Crippen LogP contribution in [-0.4, -0.2) is 24.3 Å². The van der Waals surface area contributed by atoms with E-state index in [4.69, 9.17) is 21.1 Å². The van der Waals surface area contributed by atoms with E-state index in [1.54, 1.807) is 48.9 Å². The molecular formula is C25H21ClN2O4S. The number of benzene rings is 2. The molecule has 0 fully saturated rings. The number of nitrogens with zero attached hydrogens (tertiary/aromatic N) is 2. The number of carbonyl (C=O) groups is 1. The third-order valence-corrected chi connectivity index (χ3v) is 6.37. The fourth-order valence-electron chi connectivity index (χ4n) is 3.64. The summed E-state index contributed by atoms with van der Waals surface area (Å²) in [5.74, 6) is 0.129. The summed E-state index contributed by atoms with van der Waals surface area (Å²) >= 11 is 7.36. The Morgan fingerprint density at radius 3 is 2.70 bits per heavy atom. The zero-order valence-corrected chi connectivity index (χ0v) is 19.7. The van der Waals surface area contributed by atoms with Crippen LogP contribution in [0.2, 0.25) is 5.02 Å². The van der Waals surface area contributed by atoms with Crippen molar-refractivity contribution in [3.63, 3.8) is 0 Å². The van der Waals surface area contributed by atoms with Crippen LogP contribution < -0.4 is 19.6 Å². The number of allylic oxidation sites excluding steroid dienone is 1. The van der Waals surface area contributed by atoms with Gasteiger partial charge in [0.15, 0.2) is 4.80 Å². The topological polar surface area (TPSA) is 69.9 Å². The molecule has 0 amide bonds. The number of carbonyl (C=O) groups excluding carboxylic acids is 1. The first-order valence-corrected chi connectivity index (χ1v) is 11.3. The van der Waals surface area contributed by atoms with Gasteiger partial charge in [0, 0.05) is 5.02 Å². The molecule has 33 heavy (non-hydrogen) atoms. The van der Waals surface area contributed by atoms with Crippen LogP contribution >= 0.6 is 22.9 Å². The van der Waals surface area contributed by atoms with Crippen molar-refractivity contribution >= 4 is 35.0 Å². The summed E-state index contributed by atoms with van der Waals surface area (Å²) < 4.78 is 12.6. The van der Waals surface area contributed by atoms with Crippen LogP contribution in [-0.2, 0) is 9.53 Å². The Kier molecular flexibility index (Phi) is 6.62. The SMILES string of the molecule is C=CCOC(=O)C1=C(C)N=c2s/c(=C/c3cccc(Cl)c3)c(=O)n2[C@@H]1c1ccc(OC)cc1. The first-order valence-electron chi connectivity index (χ1n) is 10.1. The van der Waals surface area contributed by atoms with Crippen molar-refractivity contribution < 1.29 is 14.3 Å². The highest BCUT2D eigenvalue weighted by Crippen LogP contribution is 2.31. The number of methoxy groups -OCH3 is 1. The minimum atomic E-state index is -0.689. The molecule has 4 rings (SSSR count). The Morgan fingerprint density at radius 1 is 1.27 bits per heavy atom. The summed E-state index contributed by atoms with van der Waals surface area (Å²) in [6.45, 7) is 5.40. The van der Waals surface area contributed by atoms with Crippen molar-refractivity contribution in [3.8, 4) is 5.75 Å². The van der Waals surface area contributed by atoms with Gasteiger partial charge in [-0.15, -0.1) is 0 Å². The van der Waals surface area contributed by atoms with E-state index < -0.39 is 12.0 Å². The molecule has 0 saturated heterocycles. The van der Waals surface area contributed by atoms with Crippen LogP contribution in [0.5, 0.6) is 5.75 Å². The highest BCUT2D eigenvalue weighted by molar-refractivity contribution is 7.07. The van der Waals surface area contributed by atoms with E-state index in [1.807, 2.05) is 24.3 Å². The van der Waals surface area contributed by atoms with Crippen molar-refractivity contribution in [1.29, 1.82) is 0 Å². The van der Waals surface area contributed by atoms with Gasteiger partial charge in [0.05, 0.1) is 29.0 Å². The average Bonchev–Trinajstić information content (AvgIpc) is 3.11. The standard InChI is InChI=1S/C25H21ClN2O4S/c1-4-12-32-24(30)21-15(2)27-25-28(22(21)17-8-10-19(31-3)11-9-17)23(29)20(33-25)14-16-6-5-7-18(26)13-16/h4-11,13-14,22H,1,12H2,2-3H3/b20-14+/t22-/m1/s1. The molecule has 0 aliphatic carbocycles. The largest absolute Gasteiger partial charge is 0.497 e. The van der Waals surface area contributed by atoms with Gasteiger partial charge in [-0.2, -0.15) is 0 Å². The molecule has 2 aromatic carbocycles. The second kappa shape index (κ2) is 9.60. The molecule has 1 aliphatic rings. The zero-order valence-electron chi connectivity index (χ0n) is 18.1. The van der Waals surface area contributed by atoms with Gasteiger partial charge in [0.25, 0.3) is 5.56 Å². The Balaban J connectivity index is 1.92. The summed E-state index contributed by atoms with van der Waals surface area (Å²) in [5.41, 5.74) is 2.10. The number of aromatic nitrogens is 1. The third kappa shape index (κ3) is 4.55. The fourth-order valence-corrected chi connectivity index (χ4v) is 4.89. The monoisotopic (exact) mass is 480 g/mol. The van der Waals surface area contributed by atoms with E-state index in [9.17, 15) is 9.59 Å². The van der Waals surface area contributed by atoms with Crippen molar-refractivity contribution in [2.45, 2.75) is 13.0 Å². The van der Waals surface area contributed by atoms with Crippen molar-refractivity contribution in [1.82, 2.24) is 4.57 Å². The van der Waals surface area contributed by atoms with Crippen LogP contribution in [0, 0.1) is 0 Å². The molecule has 1 aromatic heterocycles. The number of thiazole rings is 1. The summed E-state index contributed by atoms with van der Waals surface area (Å²) in [5, 5.41) is 0.579. The number of hydrogen-bond donors (Lipinski definition) is 0. The van der Waals surface area contributed by atoms with Crippen molar-refractivity contribution in [2.75, 3.05) is 13.7 Å². The first kappa shape index (κ1) is 22.8. The van der Waals surface area contributed by atoms with Crippen LogP contribution in [0.4, 0.5) is 0 Å². The van der Waals surface area contributed by atoms with Gasteiger partial charge in [-0.3, -0.25) is 9.36 Å². The van der Waals surface area contributed by atoms with Gasteiger partial charge < -0.3 is 9.47 Å². The second-order valence-electron chi connectivity index (χ2n) is 7.30. The van der Waals surface area contributed by atoms with Crippen LogP contribution in [0.3, 0.4) is 0 Å². The van der Waals surface area contributed by atoms with Crippen LogP contribution in [0.1, 0.15) is 24.1 Å². The third-order valence-electron chi connectivity index (χ3n) is 5.15. The minimum absolute atomic E-state index is 0.0597. The van der Waals surface area contributed by atoms with E-state index in [-0.39, 0.29) is 12.2 Å². The Bertz CT molecular complexity index is 1430. The van der Waals surface area contributed by atoms with E-state index >= 15 is 0 Å². The molecule has 0 unspecified atom stereocenters. The highest BCUT2D eigenvalue weighted by Gasteiger charge is 2.33. The van der Waals surface area contributed by atoms with Crippen LogP contribution in [0.15, 0.2) is 82.2 Å². The lowest BCUT2D eigenvalue weighted by Gasteiger charge is -2.24. The predicted molar refractivity (Wildman–Crippen MR) is 129 cm³/mol. The first-order chi connectivity index (χ1) is 15.9. The van der Waals surface area contributed by atoms with E-state index in [2.05, 4.69) is 11.6 Å². The Morgan fingerprint density at radius 2 is 2.03 bits per heavy atom. The van der Waals surface area contributed by atoms with Crippen molar-refractivity contribution in [2.24, 2.45) is 4.99 Å². The van der Waals surface area contributed by atoms with E-state index in [0.717, 1.165) is 11.1 Å². The molecular weight excluding hydrogens is 460 g/mol. The lowest BCUT2D eigenvalue weighted by Crippen LogP contribution is -2.39. The second-order valence-corrected chi connectivity index (χ2v) is 8.74. The summed E-state index contributed by atoms with van der Waals surface area (Å²) in [6.07, 6.45) is 3.27. The summed E-state index contributed by atoms with van der Waals surface area (Å²) in [7, 11) is 1.58. The van der Waals surface area contributed by atoms with Gasteiger partial charge in [-0.05, 0) is 48.4 Å². The van der Waals surface area contributed by atoms with E-state index in [0.29, 0.717) is 31.4 Å². The van der Waals surface area contributed by atoms with E-state index in [1.165, 1.54) is 17.4 Å². The van der Waals surface area contributed by atoms with Gasteiger partial charge >= 0.3 is 5.97 Å². The zero-order chi connectivity index (χ0) is 23.5. The molecule has 0 radical (unpaired) electrons. The number of hydrogen-bond acceptors (Lipinski definition) is 6. The maximum absolute atomic E-state index is 13.5. The maximum atomic E-state index is 13.5. The van der Waals surface area contributed by atoms with Gasteiger partial charge in [-0.1, -0.05) is 59.9 Å². The number of esters is 1. The molecule has 0 spiro atoms.